The van der Waals surface area contributed by atoms with Crippen molar-refractivity contribution < 1.29 is 50.1 Å². The van der Waals surface area contributed by atoms with E-state index in [1.54, 1.807) is 24.3 Å². The molecule has 1 aliphatic carbocycles. The average Bonchev–Trinajstić information content (AvgIpc) is 3.82. The van der Waals surface area contributed by atoms with Crippen molar-refractivity contribution in [1.82, 2.24) is 0 Å². The number of allylic oxidation sites excluding steroid dienone is 2. The van der Waals surface area contributed by atoms with Gasteiger partial charge in [-0.3, -0.25) is 0 Å². The van der Waals surface area contributed by atoms with Crippen LogP contribution < -0.4 is 4.74 Å². The third kappa shape index (κ3) is 12.1. The number of halogens is 8. The third-order valence-electron chi connectivity index (χ3n) is 10.8. The lowest BCUT2D eigenvalue weighted by Crippen LogP contribution is -2.48. The first-order valence-corrected chi connectivity index (χ1v) is 24.3. The van der Waals surface area contributed by atoms with Crippen LogP contribution in [0.1, 0.15) is 148 Å². The molecule has 4 aromatic rings. The quantitative estimate of drug-likeness (QED) is 0.0398. The summed E-state index contributed by atoms with van der Waals surface area (Å²) in [5, 5.41) is 0. The Bertz CT molecular complexity index is 2170. The van der Waals surface area contributed by atoms with Crippen molar-refractivity contribution in [1.29, 1.82) is 0 Å². The minimum absolute atomic E-state index is 0.0497. The van der Waals surface area contributed by atoms with Gasteiger partial charge in [0.1, 0.15) is 19.0 Å². The normalized spacial score (nSPS) is 15.3. The summed E-state index contributed by atoms with van der Waals surface area (Å²) in [5.41, 5.74) is -3.66. The maximum Gasteiger partial charge on any atom is 0.380 e. The Balaban J connectivity index is 1.15. The van der Waals surface area contributed by atoms with Crippen LogP contribution >= 0.6 is 54.5 Å². The first kappa shape index (κ1) is 49.9. The second-order valence-electron chi connectivity index (χ2n) is 15.6. The summed E-state index contributed by atoms with van der Waals surface area (Å²) in [6.07, 6.45) is 17.7. The Hall–Kier alpha value is -3.14. The van der Waals surface area contributed by atoms with Crippen LogP contribution in [-0.4, -0.2) is 36.3 Å². The molecule has 0 atom stereocenters. The highest BCUT2D eigenvalue weighted by atomic mass is 79.9. The van der Waals surface area contributed by atoms with Gasteiger partial charge >= 0.3 is 29.7 Å². The molecule has 0 saturated carbocycles. The fourth-order valence-electron chi connectivity index (χ4n) is 7.42. The van der Waals surface area contributed by atoms with E-state index in [0.717, 1.165) is 47.6 Å². The smallest absolute Gasteiger partial charge is 0.380 e. The molecule has 0 radical (unpaired) electrons. The van der Waals surface area contributed by atoms with Crippen LogP contribution in [0.5, 0.6) is 5.75 Å². The number of esters is 2. The number of carbonyl (C=O) groups is 2. The molecule has 338 valence electrons. The SMILES string of the molecule is CCCCCCCCCCCCCCCCOc1ccc(C(=O)OCc2cc(C3=C(c4cc(COC(=O)c5cc(Br)ccc5Br)sc4C)C(F)(F)C(F)(F)C3(F)F)c(C)s2)cc1. The number of ether oxygens (including phenoxy) is 3. The van der Waals surface area contributed by atoms with Crippen molar-refractivity contribution >= 4 is 77.6 Å². The van der Waals surface area contributed by atoms with Crippen LogP contribution in [0.15, 0.2) is 63.5 Å². The van der Waals surface area contributed by atoms with E-state index < -0.39 is 65.2 Å². The Morgan fingerprint density at radius 2 is 1.05 bits per heavy atom. The van der Waals surface area contributed by atoms with Crippen molar-refractivity contribution in [3.05, 3.63) is 105 Å². The first-order chi connectivity index (χ1) is 29.5. The van der Waals surface area contributed by atoms with E-state index >= 15 is 26.3 Å². The molecule has 15 heteroatoms. The van der Waals surface area contributed by atoms with E-state index in [2.05, 4.69) is 38.8 Å². The monoisotopic (exact) mass is 1030 g/mol. The van der Waals surface area contributed by atoms with E-state index in [-0.39, 0.29) is 30.6 Å². The Labute approximate surface area is 384 Å². The highest BCUT2D eigenvalue weighted by molar-refractivity contribution is 9.11. The Morgan fingerprint density at radius 3 is 1.53 bits per heavy atom. The van der Waals surface area contributed by atoms with Gasteiger partial charge in [0, 0.05) is 39.6 Å². The fraction of sp³-hybridized carbons (Fsp3) is 0.489. The standard InChI is InChI=1S/C47H52Br2F6O5S2/c1-4-5-6-7-8-9-10-11-12-13-14-15-16-17-24-58-34-21-18-32(19-22-34)43(56)59-28-35-26-37(30(2)61-35)41-42(46(52,53)47(54,55)45(41,50)51)38-27-36(62-31(38)3)29-60-44(57)39-25-33(48)20-23-40(39)49/h18-23,25-27H,4-17,24,28-29H2,1-3H3. The number of carbonyl (C=O) groups excluding carboxylic acids is 2. The van der Waals surface area contributed by atoms with Gasteiger partial charge in [0.2, 0.25) is 0 Å². The number of alkyl halides is 6. The van der Waals surface area contributed by atoms with E-state index in [0.29, 0.717) is 21.3 Å². The highest BCUT2D eigenvalue weighted by Gasteiger charge is 2.80. The largest absolute Gasteiger partial charge is 0.494 e. The van der Waals surface area contributed by atoms with Crippen molar-refractivity contribution in [3.8, 4) is 5.75 Å². The van der Waals surface area contributed by atoms with Gasteiger partial charge in [-0.2, -0.15) is 26.3 Å². The first-order valence-electron chi connectivity index (χ1n) is 21.1. The number of hydrogen-bond acceptors (Lipinski definition) is 7. The molecular formula is C47H52Br2F6O5S2. The number of benzene rings is 2. The van der Waals surface area contributed by atoms with E-state index in [1.807, 2.05) is 0 Å². The molecule has 1 aliphatic rings. The summed E-state index contributed by atoms with van der Waals surface area (Å²) in [7, 11) is 0. The molecule has 0 fully saturated rings. The van der Waals surface area contributed by atoms with E-state index in [4.69, 9.17) is 14.2 Å². The predicted octanol–water partition coefficient (Wildman–Crippen LogP) is 16.4. The Morgan fingerprint density at radius 1 is 0.597 bits per heavy atom. The second-order valence-corrected chi connectivity index (χ2v) is 20.0. The minimum Gasteiger partial charge on any atom is -0.494 e. The summed E-state index contributed by atoms with van der Waals surface area (Å²) in [6, 6.07) is 13.3. The maximum atomic E-state index is 15.7. The molecule has 62 heavy (non-hydrogen) atoms. The zero-order valence-corrected chi connectivity index (χ0v) is 39.9. The van der Waals surface area contributed by atoms with Crippen molar-refractivity contribution in [3.63, 3.8) is 0 Å². The Kier molecular flexibility index (Phi) is 18.2. The predicted molar refractivity (Wildman–Crippen MR) is 242 cm³/mol. The lowest BCUT2D eigenvalue weighted by atomic mass is 9.95. The van der Waals surface area contributed by atoms with Gasteiger partial charge < -0.3 is 14.2 Å². The summed E-state index contributed by atoms with van der Waals surface area (Å²) in [5.74, 6) is -17.2. The number of hydrogen-bond donors (Lipinski definition) is 0. The van der Waals surface area contributed by atoms with Crippen LogP contribution in [0.4, 0.5) is 26.3 Å². The summed E-state index contributed by atoms with van der Waals surface area (Å²) < 4.78 is 111. The molecule has 0 saturated heterocycles. The molecule has 2 heterocycles. The van der Waals surface area contributed by atoms with Gasteiger partial charge in [-0.1, -0.05) is 106 Å². The number of thiophene rings is 2. The fourth-order valence-corrected chi connectivity index (χ4v) is 10.1. The maximum absolute atomic E-state index is 15.7. The lowest BCUT2D eigenvalue weighted by Gasteiger charge is -2.25. The zero-order valence-electron chi connectivity index (χ0n) is 35.1. The van der Waals surface area contributed by atoms with Crippen LogP contribution in [0.3, 0.4) is 0 Å². The molecule has 0 bridgehead atoms. The number of unbranched alkanes of at least 4 members (excludes halogenated alkanes) is 13. The minimum atomic E-state index is -5.76. The van der Waals surface area contributed by atoms with Crippen LogP contribution in [0, 0.1) is 13.8 Å². The van der Waals surface area contributed by atoms with Gasteiger partial charge in [0.05, 0.1) is 17.7 Å². The van der Waals surface area contributed by atoms with Gasteiger partial charge in [-0.25, -0.2) is 9.59 Å². The van der Waals surface area contributed by atoms with Crippen molar-refractivity contribution in [2.75, 3.05) is 6.61 Å². The molecule has 0 spiro atoms. The van der Waals surface area contributed by atoms with Gasteiger partial charge in [0.15, 0.2) is 0 Å². The van der Waals surface area contributed by atoms with Gasteiger partial charge in [-0.05, 0) is 102 Å². The van der Waals surface area contributed by atoms with Crippen molar-refractivity contribution in [2.24, 2.45) is 0 Å². The van der Waals surface area contributed by atoms with Crippen LogP contribution in [0.2, 0.25) is 0 Å². The topological polar surface area (TPSA) is 61.8 Å². The zero-order chi connectivity index (χ0) is 45.1. The lowest BCUT2D eigenvalue weighted by molar-refractivity contribution is -0.254. The van der Waals surface area contributed by atoms with Crippen molar-refractivity contribution in [2.45, 2.75) is 142 Å². The molecule has 0 unspecified atom stereocenters. The molecule has 0 aliphatic heterocycles. The summed E-state index contributed by atoms with van der Waals surface area (Å²) in [6.45, 7) is 4.65. The molecule has 5 nitrogen and oxygen atoms in total. The molecular weight excluding hydrogens is 982 g/mol. The average molecular weight is 1030 g/mol. The van der Waals surface area contributed by atoms with E-state index in [9.17, 15) is 9.59 Å². The van der Waals surface area contributed by atoms with Crippen LogP contribution in [0.25, 0.3) is 11.1 Å². The summed E-state index contributed by atoms with van der Waals surface area (Å²) >= 11 is 8.26. The summed E-state index contributed by atoms with van der Waals surface area (Å²) in [4.78, 5) is 26.2. The number of rotatable bonds is 24. The highest BCUT2D eigenvalue weighted by Crippen LogP contribution is 2.65. The molecule has 0 amide bonds. The van der Waals surface area contributed by atoms with Gasteiger partial charge in [-0.15, -0.1) is 22.7 Å². The van der Waals surface area contributed by atoms with E-state index in [1.165, 1.54) is 109 Å². The van der Waals surface area contributed by atoms with Gasteiger partial charge in [0.25, 0.3) is 0 Å². The molecule has 2 aromatic heterocycles. The third-order valence-corrected chi connectivity index (χ3v) is 14.1. The second kappa shape index (κ2) is 22.7. The molecule has 0 N–H and O–H groups in total. The molecule has 5 rings (SSSR count). The molecule has 2 aromatic carbocycles. The number of aryl methyl sites for hydroxylation is 2. The van der Waals surface area contributed by atoms with Crippen LogP contribution in [-0.2, 0) is 22.7 Å².